The summed E-state index contributed by atoms with van der Waals surface area (Å²) >= 11 is 0. The third-order valence-corrected chi connectivity index (χ3v) is 5.91. The van der Waals surface area contributed by atoms with Crippen LogP contribution in [0.2, 0.25) is 0 Å². The van der Waals surface area contributed by atoms with Crippen molar-refractivity contribution < 1.29 is 18.6 Å². The van der Waals surface area contributed by atoms with E-state index in [2.05, 4.69) is 16.7 Å². The lowest BCUT2D eigenvalue weighted by atomic mass is 9.74. The number of hydrogen-bond acceptors (Lipinski definition) is 4. The minimum Gasteiger partial charge on any atom is -0.454 e. The first-order valence-electron chi connectivity index (χ1n) is 10.9. The number of halogens is 2. The molecule has 8 heteroatoms. The Morgan fingerprint density at radius 2 is 1.88 bits per heavy atom. The van der Waals surface area contributed by atoms with Gasteiger partial charge in [0.25, 0.3) is 0 Å². The molecule has 2 heterocycles. The summed E-state index contributed by atoms with van der Waals surface area (Å²) in [6, 6.07) is 12.9. The number of guanidine groups is 1. The number of aliphatic imine (C=N–C) groups is 1. The van der Waals surface area contributed by atoms with Gasteiger partial charge in [-0.05, 0) is 61.6 Å². The summed E-state index contributed by atoms with van der Waals surface area (Å²) < 4.78 is 30.3. The molecule has 6 nitrogen and oxygen atoms in total. The van der Waals surface area contributed by atoms with Crippen molar-refractivity contribution in [1.29, 1.82) is 0 Å². The van der Waals surface area contributed by atoms with E-state index in [9.17, 15) is 4.39 Å². The second-order valence-electron chi connectivity index (χ2n) is 7.96. The molecular weight excluding hydrogens is 524 g/mol. The van der Waals surface area contributed by atoms with Gasteiger partial charge >= 0.3 is 0 Å². The molecule has 0 amide bonds. The van der Waals surface area contributed by atoms with Crippen LogP contribution < -0.4 is 20.1 Å². The molecule has 1 saturated heterocycles. The third kappa shape index (κ3) is 6.04. The smallest absolute Gasteiger partial charge is 0.231 e. The van der Waals surface area contributed by atoms with Crippen LogP contribution in [0.1, 0.15) is 30.9 Å². The average molecular weight is 555 g/mol. The van der Waals surface area contributed by atoms with E-state index in [-0.39, 0.29) is 42.0 Å². The van der Waals surface area contributed by atoms with Gasteiger partial charge in [0.05, 0.1) is 6.54 Å². The van der Waals surface area contributed by atoms with Crippen LogP contribution in [0, 0.1) is 5.82 Å². The molecule has 32 heavy (non-hydrogen) atoms. The standard InChI is InChI=1S/C24H30FN3O3.HI/c1-2-26-23(27-11-8-18-6-7-21-22(14-18)31-17-30-21)28-16-24(9-12-29-13-10-24)19-4-3-5-20(25)15-19;/h3-7,14-15H,2,8-13,16-17H2,1H3,(H2,26,27,28);1H. The van der Waals surface area contributed by atoms with E-state index in [1.165, 1.54) is 11.6 Å². The summed E-state index contributed by atoms with van der Waals surface area (Å²) in [5.74, 6) is 2.16. The maximum absolute atomic E-state index is 13.9. The summed E-state index contributed by atoms with van der Waals surface area (Å²) in [5.41, 5.74) is 1.96. The second-order valence-corrected chi connectivity index (χ2v) is 7.96. The van der Waals surface area contributed by atoms with Crippen molar-refractivity contribution in [2.75, 3.05) is 39.6 Å². The molecule has 2 aromatic carbocycles. The van der Waals surface area contributed by atoms with Crippen LogP contribution in [0.25, 0.3) is 0 Å². The molecule has 0 bridgehead atoms. The molecule has 0 saturated carbocycles. The van der Waals surface area contributed by atoms with Crippen molar-refractivity contribution in [3.63, 3.8) is 0 Å². The van der Waals surface area contributed by atoms with Gasteiger partial charge in [-0.15, -0.1) is 24.0 Å². The minimum atomic E-state index is -0.208. The van der Waals surface area contributed by atoms with Crippen LogP contribution in [0.3, 0.4) is 0 Å². The highest BCUT2D eigenvalue weighted by molar-refractivity contribution is 14.0. The Kier molecular flexibility index (Phi) is 8.98. The molecule has 0 spiro atoms. The molecule has 0 radical (unpaired) electrons. The van der Waals surface area contributed by atoms with Gasteiger partial charge in [0.1, 0.15) is 5.82 Å². The zero-order valence-corrected chi connectivity index (χ0v) is 20.7. The number of rotatable bonds is 7. The van der Waals surface area contributed by atoms with Crippen LogP contribution in [-0.4, -0.2) is 45.6 Å². The summed E-state index contributed by atoms with van der Waals surface area (Å²) in [7, 11) is 0. The lowest BCUT2D eigenvalue weighted by molar-refractivity contribution is 0.0530. The fourth-order valence-corrected chi connectivity index (χ4v) is 4.11. The van der Waals surface area contributed by atoms with Crippen molar-refractivity contribution in [3.05, 3.63) is 59.4 Å². The number of hydrogen-bond donors (Lipinski definition) is 2. The van der Waals surface area contributed by atoms with E-state index >= 15 is 0 Å². The minimum absolute atomic E-state index is 0. The number of ether oxygens (including phenoxy) is 3. The fourth-order valence-electron chi connectivity index (χ4n) is 4.11. The van der Waals surface area contributed by atoms with Gasteiger partial charge in [0, 0.05) is 31.7 Å². The molecule has 4 rings (SSSR count). The van der Waals surface area contributed by atoms with Crippen molar-refractivity contribution in [2.24, 2.45) is 4.99 Å². The van der Waals surface area contributed by atoms with Crippen molar-refractivity contribution in [2.45, 2.75) is 31.6 Å². The van der Waals surface area contributed by atoms with Gasteiger partial charge < -0.3 is 24.8 Å². The van der Waals surface area contributed by atoms with Gasteiger partial charge in [0.2, 0.25) is 6.79 Å². The van der Waals surface area contributed by atoms with Crippen LogP contribution in [0.15, 0.2) is 47.5 Å². The van der Waals surface area contributed by atoms with Gasteiger partial charge in [-0.25, -0.2) is 4.39 Å². The van der Waals surface area contributed by atoms with Crippen molar-refractivity contribution in [3.8, 4) is 11.5 Å². The molecule has 2 aliphatic rings. The lowest BCUT2D eigenvalue weighted by Gasteiger charge is -2.36. The predicted molar refractivity (Wildman–Crippen MR) is 134 cm³/mol. The maximum atomic E-state index is 13.9. The maximum Gasteiger partial charge on any atom is 0.231 e. The molecule has 1 fully saturated rings. The van der Waals surface area contributed by atoms with Gasteiger partial charge in [-0.2, -0.15) is 0 Å². The summed E-state index contributed by atoms with van der Waals surface area (Å²) in [6.45, 7) is 5.76. The normalized spacial score (nSPS) is 16.9. The second kappa shape index (κ2) is 11.7. The monoisotopic (exact) mass is 555 g/mol. The van der Waals surface area contributed by atoms with Crippen LogP contribution in [0.4, 0.5) is 4.39 Å². The van der Waals surface area contributed by atoms with E-state index in [0.717, 1.165) is 55.4 Å². The first-order chi connectivity index (χ1) is 15.2. The van der Waals surface area contributed by atoms with E-state index in [0.29, 0.717) is 19.8 Å². The van der Waals surface area contributed by atoms with E-state index in [1.807, 2.05) is 25.1 Å². The SMILES string of the molecule is CCNC(=NCC1(c2cccc(F)c2)CCOCC1)NCCc1ccc2c(c1)OCO2.I. The number of nitrogens with one attached hydrogen (secondary N) is 2. The molecule has 2 aromatic rings. The largest absolute Gasteiger partial charge is 0.454 e. The topological polar surface area (TPSA) is 64.1 Å². The Morgan fingerprint density at radius 3 is 2.66 bits per heavy atom. The van der Waals surface area contributed by atoms with Gasteiger partial charge in [0.15, 0.2) is 17.5 Å². The molecule has 2 N–H and O–H groups in total. The Balaban J connectivity index is 0.00000289. The van der Waals surface area contributed by atoms with E-state index < -0.39 is 0 Å². The highest BCUT2D eigenvalue weighted by Gasteiger charge is 2.34. The molecule has 0 unspecified atom stereocenters. The Bertz CT molecular complexity index is 919. The molecule has 2 aliphatic heterocycles. The highest BCUT2D eigenvalue weighted by Crippen LogP contribution is 2.35. The molecule has 0 aromatic heterocycles. The highest BCUT2D eigenvalue weighted by atomic mass is 127. The van der Waals surface area contributed by atoms with Crippen molar-refractivity contribution in [1.82, 2.24) is 10.6 Å². The molecular formula is C24H31FIN3O3. The Hall–Kier alpha value is -2.07. The average Bonchev–Trinajstić information content (AvgIpc) is 3.26. The Morgan fingerprint density at radius 1 is 1.06 bits per heavy atom. The van der Waals surface area contributed by atoms with Crippen LogP contribution >= 0.6 is 24.0 Å². The van der Waals surface area contributed by atoms with Gasteiger partial charge in [-0.3, -0.25) is 4.99 Å². The van der Waals surface area contributed by atoms with Gasteiger partial charge in [-0.1, -0.05) is 18.2 Å². The molecule has 0 aliphatic carbocycles. The number of nitrogens with zero attached hydrogens (tertiary/aromatic N) is 1. The van der Waals surface area contributed by atoms with E-state index in [4.69, 9.17) is 19.2 Å². The first-order valence-corrected chi connectivity index (χ1v) is 10.9. The summed E-state index contributed by atoms with van der Waals surface area (Å²) in [5, 5.41) is 6.74. The quantitative estimate of drug-likeness (QED) is 0.307. The summed E-state index contributed by atoms with van der Waals surface area (Å²) in [6.07, 6.45) is 2.50. The van der Waals surface area contributed by atoms with Crippen LogP contribution in [0.5, 0.6) is 11.5 Å². The Labute approximate surface area is 206 Å². The summed E-state index contributed by atoms with van der Waals surface area (Å²) in [4.78, 5) is 4.88. The van der Waals surface area contributed by atoms with Crippen molar-refractivity contribution >= 4 is 29.9 Å². The fraction of sp³-hybridized carbons (Fsp3) is 0.458. The zero-order chi connectivity index (χ0) is 21.5. The first kappa shape index (κ1) is 24.6. The number of benzene rings is 2. The molecule has 174 valence electrons. The van der Waals surface area contributed by atoms with Crippen LogP contribution in [-0.2, 0) is 16.6 Å². The number of fused-ring (bicyclic) bond motifs is 1. The lowest BCUT2D eigenvalue weighted by Crippen LogP contribution is -2.41. The zero-order valence-electron chi connectivity index (χ0n) is 18.4. The predicted octanol–water partition coefficient (Wildman–Crippen LogP) is 4.02. The molecule has 0 atom stereocenters. The third-order valence-electron chi connectivity index (χ3n) is 5.91. The van der Waals surface area contributed by atoms with E-state index in [1.54, 1.807) is 12.1 Å².